The van der Waals surface area contributed by atoms with Crippen LogP contribution in [0.4, 0.5) is 0 Å². The van der Waals surface area contributed by atoms with E-state index in [2.05, 4.69) is 14.6 Å². The summed E-state index contributed by atoms with van der Waals surface area (Å²) >= 11 is 0. The minimum Gasteiger partial charge on any atom is -0.469 e. The first kappa shape index (κ1) is 13.0. The molecule has 0 aromatic carbocycles. The fraction of sp³-hybridized carbons (Fsp3) is 0.364. The van der Waals surface area contributed by atoms with Crippen molar-refractivity contribution in [3.05, 3.63) is 23.5 Å². The molecule has 0 atom stereocenters. The number of ether oxygens (including phenoxy) is 2. The molecule has 0 radical (unpaired) electrons. The number of esters is 2. The number of carbonyl (C=O) groups is 2. The second-order valence-electron chi connectivity index (χ2n) is 3.36. The third kappa shape index (κ3) is 3.75. The van der Waals surface area contributed by atoms with Gasteiger partial charge in [0, 0.05) is 24.4 Å². The van der Waals surface area contributed by atoms with Gasteiger partial charge in [0.15, 0.2) is 0 Å². The quantitative estimate of drug-likeness (QED) is 0.565. The van der Waals surface area contributed by atoms with Gasteiger partial charge in [0.2, 0.25) is 0 Å². The van der Waals surface area contributed by atoms with Crippen LogP contribution in [0, 0.1) is 0 Å². The summed E-state index contributed by atoms with van der Waals surface area (Å²) in [6, 6.07) is 0. The zero-order chi connectivity index (χ0) is 12.8. The highest BCUT2D eigenvalue weighted by molar-refractivity contribution is 5.98. The van der Waals surface area contributed by atoms with Crippen LogP contribution in [0.1, 0.15) is 12.0 Å². The van der Waals surface area contributed by atoms with E-state index in [0.717, 1.165) is 5.56 Å². The Kier molecular flexibility index (Phi) is 4.45. The molecule has 6 heteroatoms. The van der Waals surface area contributed by atoms with Crippen LogP contribution in [0.3, 0.4) is 0 Å². The van der Waals surface area contributed by atoms with Crippen LogP contribution in [0.25, 0.3) is 6.08 Å². The molecule has 0 aliphatic carbocycles. The van der Waals surface area contributed by atoms with Crippen molar-refractivity contribution < 1.29 is 19.1 Å². The Morgan fingerprint density at radius 2 is 2.12 bits per heavy atom. The van der Waals surface area contributed by atoms with Gasteiger partial charge in [-0.25, -0.2) is 4.79 Å². The first-order valence-corrected chi connectivity index (χ1v) is 4.91. The Labute approximate surface area is 98.8 Å². The molecular weight excluding hydrogens is 224 g/mol. The molecular formula is C11H14N2O4. The maximum absolute atomic E-state index is 11.4. The first-order chi connectivity index (χ1) is 8.06. The van der Waals surface area contributed by atoms with Crippen molar-refractivity contribution in [2.75, 3.05) is 14.2 Å². The molecule has 0 fully saturated rings. The maximum Gasteiger partial charge on any atom is 0.334 e. The molecule has 1 heterocycles. The molecule has 92 valence electrons. The van der Waals surface area contributed by atoms with Crippen LogP contribution in [-0.2, 0) is 26.1 Å². The van der Waals surface area contributed by atoms with E-state index in [4.69, 9.17) is 0 Å². The first-order valence-electron chi connectivity index (χ1n) is 4.91. The van der Waals surface area contributed by atoms with Gasteiger partial charge in [0.1, 0.15) is 0 Å². The highest BCUT2D eigenvalue weighted by Crippen LogP contribution is 2.11. The van der Waals surface area contributed by atoms with E-state index in [1.54, 1.807) is 30.2 Å². The van der Waals surface area contributed by atoms with Crippen molar-refractivity contribution >= 4 is 18.0 Å². The third-order valence-corrected chi connectivity index (χ3v) is 2.08. The van der Waals surface area contributed by atoms with Crippen molar-refractivity contribution in [3.8, 4) is 0 Å². The average Bonchev–Trinajstić information content (AvgIpc) is 2.72. The Bertz CT molecular complexity index is 448. The van der Waals surface area contributed by atoms with Crippen molar-refractivity contribution in [3.63, 3.8) is 0 Å². The van der Waals surface area contributed by atoms with E-state index in [0.29, 0.717) is 0 Å². The fourth-order valence-corrected chi connectivity index (χ4v) is 1.26. The predicted octanol–water partition coefficient (Wildman–Crippen LogP) is 0.540. The van der Waals surface area contributed by atoms with Crippen LogP contribution < -0.4 is 0 Å². The summed E-state index contributed by atoms with van der Waals surface area (Å²) < 4.78 is 10.7. The largest absolute Gasteiger partial charge is 0.469 e. The molecule has 0 bridgehead atoms. The van der Waals surface area contributed by atoms with Gasteiger partial charge in [-0.1, -0.05) is 0 Å². The molecule has 0 spiro atoms. The van der Waals surface area contributed by atoms with E-state index in [-0.39, 0.29) is 12.0 Å². The number of hydrogen-bond acceptors (Lipinski definition) is 5. The number of aryl methyl sites for hydroxylation is 1. The summed E-state index contributed by atoms with van der Waals surface area (Å²) in [5.41, 5.74) is 0.948. The summed E-state index contributed by atoms with van der Waals surface area (Å²) in [4.78, 5) is 22.6. The number of rotatable bonds is 4. The Balaban J connectivity index is 2.93. The Morgan fingerprint density at radius 1 is 1.41 bits per heavy atom. The van der Waals surface area contributed by atoms with E-state index in [1.807, 2.05) is 0 Å². The topological polar surface area (TPSA) is 70.4 Å². The maximum atomic E-state index is 11.4. The molecule has 0 unspecified atom stereocenters. The molecule has 0 saturated heterocycles. The molecule has 1 aromatic heterocycles. The molecule has 0 aliphatic heterocycles. The van der Waals surface area contributed by atoms with Gasteiger partial charge in [-0.2, -0.15) is 5.10 Å². The molecule has 0 amide bonds. The molecule has 6 nitrogen and oxygen atoms in total. The lowest BCUT2D eigenvalue weighted by atomic mass is 10.1. The zero-order valence-corrected chi connectivity index (χ0v) is 9.97. The van der Waals surface area contributed by atoms with E-state index < -0.39 is 11.9 Å². The third-order valence-electron chi connectivity index (χ3n) is 2.08. The van der Waals surface area contributed by atoms with Gasteiger partial charge < -0.3 is 9.47 Å². The zero-order valence-electron chi connectivity index (χ0n) is 9.97. The Morgan fingerprint density at radius 3 is 2.59 bits per heavy atom. The second kappa shape index (κ2) is 5.83. The van der Waals surface area contributed by atoms with Gasteiger partial charge >= 0.3 is 11.9 Å². The molecule has 17 heavy (non-hydrogen) atoms. The number of carbonyl (C=O) groups excluding carboxylic acids is 2. The van der Waals surface area contributed by atoms with Gasteiger partial charge in [0.25, 0.3) is 0 Å². The van der Waals surface area contributed by atoms with Gasteiger partial charge in [-0.05, 0) is 6.08 Å². The summed E-state index contributed by atoms with van der Waals surface area (Å²) in [5.74, 6) is -1.05. The summed E-state index contributed by atoms with van der Waals surface area (Å²) in [6.07, 6.45) is 4.73. The molecule has 0 N–H and O–H groups in total. The van der Waals surface area contributed by atoms with E-state index in [9.17, 15) is 9.59 Å². The average molecular weight is 238 g/mol. The van der Waals surface area contributed by atoms with Crippen molar-refractivity contribution in [2.45, 2.75) is 6.42 Å². The SMILES string of the molecule is COC(=O)C/C(=C\c1cnn(C)c1)C(=O)OC. The second-order valence-corrected chi connectivity index (χ2v) is 3.36. The molecule has 0 aliphatic rings. The highest BCUT2D eigenvalue weighted by Gasteiger charge is 2.15. The lowest BCUT2D eigenvalue weighted by Gasteiger charge is -2.03. The minimum absolute atomic E-state index is 0.127. The minimum atomic E-state index is -0.556. The summed E-state index contributed by atoms with van der Waals surface area (Å²) in [7, 11) is 4.29. The number of hydrogen-bond donors (Lipinski definition) is 0. The summed E-state index contributed by atoms with van der Waals surface area (Å²) in [5, 5.41) is 3.96. The van der Waals surface area contributed by atoms with Gasteiger partial charge in [-0.3, -0.25) is 9.48 Å². The molecule has 1 aromatic rings. The predicted molar refractivity (Wildman–Crippen MR) is 59.8 cm³/mol. The number of methoxy groups -OCH3 is 2. The smallest absolute Gasteiger partial charge is 0.334 e. The van der Waals surface area contributed by atoms with Crippen LogP contribution in [0.5, 0.6) is 0 Å². The van der Waals surface area contributed by atoms with E-state index >= 15 is 0 Å². The van der Waals surface area contributed by atoms with Crippen molar-refractivity contribution in [1.29, 1.82) is 0 Å². The normalized spacial score (nSPS) is 11.1. The van der Waals surface area contributed by atoms with Crippen LogP contribution in [0.15, 0.2) is 18.0 Å². The molecule has 1 rings (SSSR count). The van der Waals surface area contributed by atoms with Crippen molar-refractivity contribution in [2.24, 2.45) is 7.05 Å². The van der Waals surface area contributed by atoms with Crippen LogP contribution >= 0.6 is 0 Å². The fourth-order valence-electron chi connectivity index (χ4n) is 1.26. The summed E-state index contributed by atoms with van der Waals surface area (Å²) in [6.45, 7) is 0. The number of aromatic nitrogens is 2. The standard InChI is InChI=1S/C11H14N2O4/c1-13-7-8(6-12-13)4-9(11(15)17-3)5-10(14)16-2/h4,6-7H,5H2,1-3H3/b9-4+. The monoisotopic (exact) mass is 238 g/mol. The van der Waals surface area contributed by atoms with Gasteiger partial charge in [0.05, 0.1) is 26.8 Å². The van der Waals surface area contributed by atoms with Crippen LogP contribution in [-0.4, -0.2) is 35.9 Å². The lowest BCUT2D eigenvalue weighted by Crippen LogP contribution is -2.10. The van der Waals surface area contributed by atoms with Gasteiger partial charge in [-0.15, -0.1) is 0 Å². The molecule has 0 saturated carbocycles. The van der Waals surface area contributed by atoms with Crippen LogP contribution in [0.2, 0.25) is 0 Å². The number of nitrogens with zero attached hydrogens (tertiary/aromatic N) is 2. The highest BCUT2D eigenvalue weighted by atomic mass is 16.5. The Hall–Kier alpha value is -2.11. The van der Waals surface area contributed by atoms with Crippen molar-refractivity contribution in [1.82, 2.24) is 9.78 Å². The lowest BCUT2D eigenvalue weighted by molar-refractivity contribution is -0.143. The van der Waals surface area contributed by atoms with E-state index in [1.165, 1.54) is 14.2 Å².